The second kappa shape index (κ2) is 8.31. The Kier molecular flexibility index (Phi) is 7.93. The first-order valence-corrected chi connectivity index (χ1v) is 6.23. The fraction of sp³-hybridized carbons (Fsp3) is 0.818. The Hall–Kier alpha value is -0.890. The van der Waals surface area contributed by atoms with Gasteiger partial charge in [0.15, 0.2) is 0 Å². The van der Waals surface area contributed by atoms with Crippen LogP contribution in [0.2, 0.25) is 0 Å². The maximum atomic E-state index is 11.9. The molecule has 0 spiro atoms. The van der Waals surface area contributed by atoms with Crippen LogP contribution in [0.5, 0.6) is 0 Å². The minimum absolute atomic E-state index is 0.193. The average Bonchev–Trinajstić information content (AvgIpc) is 2.21. The zero-order chi connectivity index (χ0) is 15.1. The molecule has 0 aliphatic heterocycles. The predicted molar refractivity (Wildman–Crippen MR) is 69.7 cm³/mol. The quantitative estimate of drug-likeness (QED) is 0.694. The molecule has 0 aromatic carbocycles. The Morgan fingerprint density at radius 3 is 2.42 bits per heavy atom. The highest BCUT2D eigenvalue weighted by molar-refractivity contribution is 7.80. The average molecular weight is 300 g/mol. The van der Waals surface area contributed by atoms with Crippen molar-refractivity contribution in [2.75, 3.05) is 26.3 Å². The van der Waals surface area contributed by atoms with Gasteiger partial charge in [0.25, 0.3) is 0 Å². The molecule has 0 aliphatic rings. The summed E-state index contributed by atoms with van der Waals surface area (Å²) in [7, 11) is 0. The zero-order valence-electron chi connectivity index (χ0n) is 11.0. The third kappa shape index (κ3) is 10.7. The van der Waals surface area contributed by atoms with Gasteiger partial charge < -0.3 is 15.4 Å². The van der Waals surface area contributed by atoms with Gasteiger partial charge in [0, 0.05) is 19.5 Å². The lowest BCUT2D eigenvalue weighted by atomic mass is 10.2. The lowest BCUT2D eigenvalue weighted by molar-refractivity contribution is -0.177. The molecule has 0 aromatic heterocycles. The van der Waals surface area contributed by atoms with Crippen LogP contribution in [0, 0.1) is 5.92 Å². The summed E-state index contributed by atoms with van der Waals surface area (Å²) in [5, 5.41) is 0. The fourth-order valence-corrected chi connectivity index (χ4v) is 1.44. The number of ether oxygens (including phenoxy) is 1. The molecule has 0 radical (unpaired) electrons. The molecule has 0 aliphatic carbocycles. The Balaban J connectivity index is 4.25. The van der Waals surface area contributed by atoms with Crippen LogP contribution < -0.4 is 5.73 Å². The van der Waals surface area contributed by atoms with Gasteiger partial charge in [-0.15, -0.1) is 0 Å². The molecule has 0 heterocycles. The molecular weight excluding hydrogens is 281 g/mol. The molecule has 0 aromatic rings. The third-order valence-electron chi connectivity index (χ3n) is 2.06. The Morgan fingerprint density at radius 1 is 1.42 bits per heavy atom. The van der Waals surface area contributed by atoms with Crippen LogP contribution in [0.4, 0.5) is 13.2 Å². The molecule has 0 bridgehead atoms. The van der Waals surface area contributed by atoms with Gasteiger partial charge in [0.05, 0.1) is 4.99 Å². The van der Waals surface area contributed by atoms with Gasteiger partial charge in [-0.2, -0.15) is 13.2 Å². The molecule has 1 amide bonds. The van der Waals surface area contributed by atoms with E-state index < -0.39 is 25.3 Å². The van der Waals surface area contributed by atoms with E-state index >= 15 is 0 Å². The zero-order valence-corrected chi connectivity index (χ0v) is 11.8. The summed E-state index contributed by atoms with van der Waals surface area (Å²) in [6, 6.07) is 0. The van der Waals surface area contributed by atoms with Gasteiger partial charge in [-0.25, -0.2) is 0 Å². The summed E-state index contributed by atoms with van der Waals surface area (Å²) in [6.45, 7) is 2.50. The molecule has 0 unspecified atom stereocenters. The van der Waals surface area contributed by atoms with Crippen molar-refractivity contribution in [3.8, 4) is 0 Å². The second-order valence-electron chi connectivity index (χ2n) is 4.56. The number of rotatable bonds is 8. The Bertz CT molecular complexity index is 309. The van der Waals surface area contributed by atoms with Crippen LogP contribution in [0.3, 0.4) is 0 Å². The molecule has 0 atom stereocenters. The van der Waals surface area contributed by atoms with E-state index in [1.54, 1.807) is 0 Å². The summed E-state index contributed by atoms with van der Waals surface area (Å²) in [5.41, 5.74) is 5.34. The van der Waals surface area contributed by atoms with E-state index in [0.717, 1.165) is 0 Å². The third-order valence-corrected chi connectivity index (χ3v) is 2.26. The maximum Gasteiger partial charge on any atom is 0.411 e. The minimum atomic E-state index is -4.43. The fourth-order valence-electron chi connectivity index (χ4n) is 1.35. The van der Waals surface area contributed by atoms with Gasteiger partial charge in [-0.3, -0.25) is 4.79 Å². The summed E-state index contributed by atoms with van der Waals surface area (Å²) in [4.78, 5) is 13.4. The van der Waals surface area contributed by atoms with Crippen LogP contribution >= 0.6 is 12.2 Å². The topological polar surface area (TPSA) is 55.6 Å². The van der Waals surface area contributed by atoms with Crippen molar-refractivity contribution in [2.24, 2.45) is 11.7 Å². The van der Waals surface area contributed by atoms with Crippen LogP contribution in [0.1, 0.15) is 20.3 Å². The van der Waals surface area contributed by atoms with Crippen molar-refractivity contribution in [3.05, 3.63) is 0 Å². The van der Waals surface area contributed by atoms with Crippen molar-refractivity contribution in [1.29, 1.82) is 0 Å². The highest BCUT2D eigenvalue weighted by Gasteiger charge is 2.28. The number of carbonyl (C=O) groups excluding carboxylic acids is 1. The van der Waals surface area contributed by atoms with Crippen molar-refractivity contribution in [2.45, 2.75) is 26.4 Å². The normalized spacial score (nSPS) is 11.7. The van der Waals surface area contributed by atoms with Crippen LogP contribution in [-0.2, 0) is 9.53 Å². The van der Waals surface area contributed by atoms with E-state index in [9.17, 15) is 18.0 Å². The lowest BCUT2D eigenvalue weighted by Crippen LogP contribution is -2.39. The number of carbonyl (C=O) groups is 1. The number of hydrogen-bond acceptors (Lipinski definition) is 3. The van der Waals surface area contributed by atoms with Crippen LogP contribution in [0.15, 0.2) is 0 Å². The van der Waals surface area contributed by atoms with Gasteiger partial charge in [-0.1, -0.05) is 26.1 Å². The molecule has 0 rings (SSSR count). The number of amides is 1. The first-order chi connectivity index (χ1) is 8.61. The van der Waals surface area contributed by atoms with E-state index in [-0.39, 0.29) is 10.9 Å². The molecule has 19 heavy (non-hydrogen) atoms. The maximum absolute atomic E-state index is 11.9. The summed E-state index contributed by atoms with van der Waals surface area (Å²) < 4.78 is 40.0. The first-order valence-electron chi connectivity index (χ1n) is 5.82. The molecule has 2 N–H and O–H groups in total. The highest BCUT2D eigenvalue weighted by atomic mass is 32.1. The van der Waals surface area contributed by atoms with Crippen LogP contribution in [0.25, 0.3) is 0 Å². The highest BCUT2D eigenvalue weighted by Crippen LogP contribution is 2.14. The minimum Gasteiger partial charge on any atom is -0.393 e. The number of halogens is 3. The number of thiocarbonyl (C=S) groups is 1. The lowest BCUT2D eigenvalue weighted by Gasteiger charge is -2.24. The van der Waals surface area contributed by atoms with E-state index in [4.69, 9.17) is 18.0 Å². The number of nitrogens with zero attached hydrogens (tertiary/aromatic N) is 1. The van der Waals surface area contributed by atoms with Gasteiger partial charge in [0.1, 0.15) is 13.2 Å². The predicted octanol–water partition coefficient (Wildman–Crippen LogP) is 1.73. The summed E-state index contributed by atoms with van der Waals surface area (Å²) >= 11 is 4.71. The monoisotopic (exact) mass is 300 g/mol. The number of alkyl halides is 3. The van der Waals surface area contributed by atoms with E-state index in [2.05, 4.69) is 4.74 Å². The van der Waals surface area contributed by atoms with Crippen molar-refractivity contribution in [1.82, 2.24) is 4.90 Å². The summed E-state index contributed by atoms with van der Waals surface area (Å²) in [6.07, 6.45) is -4.09. The molecule has 8 heteroatoms. The second-order valence-corrected chi connectivity index (χ2v) is 5.08. The van der Waals surface area contributed by atoms with Crippen molar-refractivity contribution < 1.29 is 22.7 Å². The van der Waals surface area contributed by atoms with Crippen LogP contribution in [-0.4, -0.2) is 48.3 Å². The van der Waals surface area contributed by atoms with E-state index in [1.807, 2.05) is 13.8 Å². The van der Waals surface area contributed by atoms with Crippen molar-refractivity contribution in [3.63, 3.8) is 0 Å². The van der Waals surface area contributed by atoms with E-state index in [1.165, 1.54) is 4.90 Å². The Morgan fingerprint density at radius 2 is 2.00 bits per heavy atom. The standard InChI is InChI=1S/C11H19F3N2O2S/c1-8(2)5-16(4-3-9(15)19)10(17)6-18-7-11(12,13)14/h8H,3-7H2,1-2H3,(H2,15,19). The van der Waals surface area contributed by atoms with E-state index in [0.29, 0.717) is 19.5 Å². The Labute approximate surface area is 116 Å². The van der Waals surface area contributed by atoms with Crippen molar-refractivity contribution >= 4 is 23.1 Å². The largest absolute Gasteiger partial charge is 0.411 e. The SMILES string of the molecule is CC(C)CN(CCC(N)=S)C(=O)COCC(F)(F)F. The first kappa shape index (κ1) is 18.1. The molecule has 112 valence electrons. The molecule has 0 saturated carbocycles. The number of nitrogens with two attached hydrogens (primary N) is 1. The van der Waals surface area contributed by atoms with Gasteiger partial charge >= 0.3 is 6.18 Å². The molecule has 0 saturated heterocycles. The molecule has 4 nitrogen and oxygen atoms in total. The van der Waals surface area contributed by atoms with Gasteiger partial charge in [-0.05, 0) is 5.92 Å². The molecule has 0 fully saturated rings. The van der Waals surface area contributed by atoms with Gasteiger partial charge in [0.2, 0.25) is 5.91 Å². The number of hydrogen-bond donors (Lipinski definition) is 1. The smallest absolute Gasteiger partial charge is 0.393 e. The molecular formula is C11H19F3N2O2S. The summed E-state index contributed by atoms with van der Waals surface area (Å²) in [5.74, 6) is -0.299.